The van der Waals surface area contributed by atoms with Crippen molar-refractivity contribution in [1.82, 2.24) is 4.57 Å². The highest BCUT2D eigenvalue weighted by Crippen LogP contribution is 2.09. The molecule has 3 nitrogen and oxygen atoms in total. The molecule has 2 aromatic rings. The first-order valence-corrected chi connectivity index (χ1v) is 5.74. The Hall–Kier alpha value is -2.29. The number of rotatable bonds is 4. The Balaban J connectivity index is 2.13. The lowest BCUT2D eigenvalue weighted by Crippen LogP contribution is -2.00. The Bertz CT molecular complexity index is 541. The second kappa shape index (κ2) is 5.87. The van der Waals surface area contributed by atoms with Gasteiger partial charge >= 0.3 is 5.97 Å². The third-order valence-corrected chi connectivity index (χ3v) is 2.65. The molecule has 1 aromatic heterocycles. The molecule has 0 atom stereocenters. The zero-order valence-corrected chi connectivity index (χ0v) is 10.2. The maximum atomic E-state index is 11.1. The molecule has 2 rings (SSSR count). The van der Waals surface area contributed by atoms with Crippen molar-refractivity contribution in [3.63, 3.8) is 0 Å². The summed E-state index contributed by atoms with van der Waals surface area (Å²) in [5, 5.41) is 0. The van der Waals surface area contributed by atoms with Gasteiger partial charge in [0.1, 0.15) is 0 Å². The van der Waals surface area contributed by atoms with Crippen LogP contribution in [0, 0.1) is 0 Å². The third-order valence-electron chi connectivity index (χ3n) is 2.65. The number of benzene rings is 1. The summed E-state index contributed by atoms with van der Waals surface area (Å²) in [6.45, 7) is 0.786. The molecule has 1 heterocycles. The van der Waals surface area contributed by atoms with Gasteiger partial charge in [-0.3, -0.25) is 0 Å². The standard InChI is InChI=1S/C15H15NO2/c1-18-15(17)10-9-14-8-5-11-16(14)12-13-6-3-2-4-7-13/h2-11H,12H2,1H3/b10-9+. The highest BCUT2D eigenvalue weighted by Gasteiger charge is 1.99. The second-order valence-corrected chi connectivity index (χ2v) is 3.90. The van der Waals surface area contributed by atoms with Crippen molar-refractivity contribution in [3.8, 4) is 0 Å². The van der Waals surface area contributed by atoms with Crippen molar-refractivity contribution in [2.75, 3.05) is 7.11 Å². The molecule has 0 aliphatic carbocycles. The zero-order valence-electron chi connectivity index (χ0n) is 10.2. The molecule has 0 aliphatic heterocycles. The van der Waals surface area contributed by atoms with Crippen LogP contribution in [0.4, 0.5) is 0 Å². The molecule has 0 bridgehead atoms. The topological polar surface area (TPSA) is 31.2 Å². The molecule has 0 unspecified atom stereocenters. The van der Waals surface area contributed by atoms with Gasteiger partial charge in [-0.15, -0.1) is 0 Å². The molecule has 0 fully saturated rings. The summed E-state index contributed by atoms with van der Waals surface area (Å²) in [6.07, 6.45) is 5.18. The number of hydrogen-bond donors (Lipinski definition) is 0. The van der Waals surface area contributed by atoms with Crippen molar-refractivity contribution < 1.29 is 9.53 Å². The highest BCUT2D eigenvalue weighted by molar-refractivity contribution is 5.86. The molecular formula is C15H15NO2. The van der Waals surface area contributed by atoms with Crippen LogP contribution in [0.1, 0.15) is 11.3 Å². The average Bonchev–Trinajstić information content (AvgIpc) is 2.84. The van der Waals surface area contributed by atoms with Crippen LogP contribution in [-0.4, -0.2) is 17.6 Å². The second-order valence-electron chi connectivity index (χ2n) is 3.90. The fourth-order valence-electron chi connectivity index (χ4n) is 1.72. The zero-order chi connectivity index (χ0) is 12.8. The molecule has 0 amide bonds. The smallest absolute Gasteiger partial charge is 0.330 e. The van der Waals surface area contributed by atoms with Gasteiger partial charge in [-0.05, 0) is 23.8 Å². The number of carbonyl (C=O) groups is 1. The molecule has 1 aromatic carbocycles. The van der Waals surface area contributed by atoms with Crippen LogP contribution in [0.25, 0.3) is 6.08 Å². The normalized spacial score (nSPS) is 10.7. The number of hydrogen-bond acceptors (Lipinski definition) is 2. The van der Waals surface area contributed by atoms with Crippen LogP contribution in [0.3, 0.4) is 0 Å². The minimum atomic E-state index is -0.345. The largest absolute Gasteiger partial charge is 0.466 e. The molecule has 3 heteroatoms. The van der Waals surface area contributed by atoms with Crippen LogP contribution >= 0.6 is 0 Å². The summed E-state index contributed by atoms with van der Waals surface area (Å²) < 4.78 is 6.65. The van der Waals surface area contributed by atoms with Gasteiger partial charge in [0.15, 0.2) is 0 Å². The molecule has 0 radical (unpaired) electrons. The first-order chi connectivity index (χ1) is 8.79. The molecular weight excluding hydrogens is 226 g/mol. The van der Waals surface area contributed by atoms with Gasteiger partial charge < -0.3 is 9.30 Å². The lowest BCUT2D eigenvalue weighted by molar-refractivity contribution is -0.134. The lowest BCUT2D eigenvalue weighted by atomic mass is 10.2. The summed E-state index contributed by atoms with van der Waals surface area (Å²) >= 11 is 0. The number of ether oxygens (including phenoxy) is 1. The average molecular weight is 241 g/mol. The Morgan fingerprint density at radius 2 is 2.00 bits per heavy atom. The van der Waals surface area contributed by atoms with E-state index in [-0.39, 0.29) is 5.97 Å². The van der Waals surface area contributed by atoms with Crippen molar-refractivity contribution in [2.24, 2.45) is 0 Å². The monoisotopic (exact) mass is 241 g/mol. The molecule has 0 N–H and O–H groups in total. The summed E-state index contributed by atoms with van der Waals surface area (Å²) in [6, 6.07) is 14.1. The van der Waals surface area contributed by atoms with E-state index in [1.54, 1.807) is 6.08 Å². The van der Waals surface area contributed by atoms with Crippen LogP contribution in [0.15, 0.2) is 54.7 Å². The number of aromatic nitrogens is 1. The van der Waals surface area contributed by atoms with E-state index in [4.69, 9.17) is 0 Å². The van der Waals surface area contributed by atoms with Gasteiger partial charge in [0.25, 0.3) is 0 Å². The maximum absolute atomic E-state index is 11.1. The predicted molar refractivity (Wildman–Crippen MR) is 71.0 cm³/mol. The summed E-state index contributed by atoms with van der Waals surface area (Å²) in [5.74, 6) is -0.345. The van der Waals surface area contributed by atoms with Crippen molar-refractivity contribution in [3.05, 3.63) is 66.0 Å². The first kappa shape index (κ1) is 12.2. The Morgan fingerprint density at radius 1 is 1.22 bits per heavy atom. The summed E-state index contributed by atoms with van der Waals surface area (Å²) in [5.41, 5.74) is 2.20. The Morgan fingerprint density at radius 3 is 2.72 bits per heavy atom. The van der Waals surface area contributed by atoms with E-state index >= 15 is 0 Å². The molecule has 92 valence electrons. The summed E-state index contributed by atoms with van der Waals surface area (Å²) in [4.78, 5) is 11.1. The number of carbonyl (C=O) groups excluding carboxylic acids is 1. The molecule has 0 saturated heterocycles. The number of methoxy groups -OCH3 is 1. The minimum absolute atomic E-state index is 0.345. The van der Waals surface area contributed by atoms with Gasteiger partial charge in [-0.2, -0.15) is 0 Å². The van der Waals surface area contributed by atoms with E-state index in [0.29, 0.717) is 0 Å². The predicted octanol–water partition coefficient (Wildman–Crippen LogP) is 2.72. The minimum Gasteiger partial charge on any atom is -0.466 e. The van der Waals surface area contributed by atoms with E-state index < -0.39 is 0 Å². The molecule has 0 saturated carbocycles. The van der Waals surface area contributed by atoms with E-state index in [9.17, 15) is 4.79 Å². The van der Waals surface area contributed by atoms with Gasteiger partial charge in [0.05, 0.1) is 7.11 Å². The van der Waals surface area contributed by atoms with Crippen molar-refractivity contribution >= 4 is 12.0 Å². The SMILES string of the molecule is COC(=O)/C=C/c1cccn1Cc1ccccc1. The quantitative estimate of drug-likeness (QED) is 0.608. The van der Waals surface area contributed by atoms with Gasteiger partial charge in [-0.1, -0.05) is 30.3 Å². The fraction of sp³-hybridized carbons (Fsp3) is 0.133. The first-order valence-electron chi connectivity index (χ1n) is 5.74. The molecule has 18 heavy (non-hydrogen) atoms. The Labute approximate surface area is 106 Å². The van der Waals surface area contributed by atoms with E-state index in [1.807, 2.05) is 36.5 Å². The lowest BCUT2D eigenvalue weighted by Gasteiger charge is -2.06. The van der Waals surface area contributed by atoms with Crippen LogP contribution in [0.5, 0.6) is 0 Å². The fourth-order valence-corrected chi connectivity index (χ4v) is 1.72. The van der Waals surface area contributed by atoms with Crippen molar-refractivity contribution in [1.29, 1.82) is 0 Å². The number of esters is 1. The van der Waals surface area contributed by atoms with Crippen LogP contribution < -0.4 is 0 Å². The van der Waals surface area contributed by atoms with Crippen molar-refractivity contribution in [2.45, 2.75) is 6.54 Å². The third kappa shape index (κ3) is 3.10. The Kier molecular flexibility index (Phi) is 3.97. The van der Waals surface area contributed by atoms with E-state index in [1.165, 1.54) is 18.7 Å². The molecule has 0 aliphatic rings. The number of nitrogens with zero attached hydrogens (tertiary/aromatic N) is 1. The summed E-state index contributed by atoms with van der Waals surface area (Å²) in [7, 11) is 1.37. The van der Waals surface area contributed by atoms with Gasteiger partial charge in [-0.25, -0.2) is 4.79 Å². The van der Waals surface area contributed by atoms with Crippen LogP contribution in [0.2, 0.25) is 0 Å². The van der Waals surface area contributed by atoms with E-state index in [2.05, 4.69) is 21.4 Å². The molecule has 0 spiro atoms. The highest BCUT2D eigenvalue weighted by atomic mass is 16.5. The maximum Gasteiger partial charge on any atom is 0.330 e. The van der Waals surface area contributed by atoms with Gasteiger partial charge in [0, 0.05) is 24.5 Å². The van der Waals surface area contributed by atoms with E-state index in [0.717, 1.165) is 12.2 Å². The van der Waals surface area contributed by atoms with Crippen LogP contribution in [-0.2, 0) is 16.1 Å². The van der Waals surface area contributed by atoms with Gasteiger partial charge in [0.2, 0.25) is 0 Å².